The molecule has 1 aromatic heterocycles. The quantitative estimate of drug-likeness (QED) is 0.426. The van der Waals surface area contributed by atoms with Gasteiger partial charge in [-0.1, -0.05) is 0 Å². The second kappa shape index (κ2) is 8.09. The number of aromatic hydroxyl groups is 1. The zero-order valence-corrected chi connectivity index (χ0v) is 14.0. The SMILES string of the molecule is CCn1c(O)c(C=NCCC[NH+](C)C)c(=O)n(CC)c1=S. The number of rotatable bonds is 7. The van der Waals surface area contributed by atoms with Crippen LogP contribution in [0.3, 0.4) is 0 Å². The van der Waals surface area contributed by atoms with Gasteiger partial charge in [0.2, 0.25) is 5.88 Å². The molecule has 1 rings (SSSR count). The van der Waals surface area contributed by atoms with Crippen molar-refractivity contribution in [1.82, 2.24) is 9.13 Å². The number of quaternary nitrogens is 1. The first kappa shape index (κ1) is 17.6. The van der Waals surface area contributed by atoms with E-state index in [1.165, 1.54) is 15.7 Å². The molecule has 0 aliphatic heterocycles. The van der Waals surface area contributed by atoms with Crippen LogP contribution in [0, 0.1) is 4.77 Å². The normalized spacial score (nSPS) is 11.7. The van der Waals surface area contributed by atoms with Crippen molar-refractivity contribution in [1.29, 1.82) is 0 Å². The van der Waals surface area contributed by atoms with Gasteiger partial charge in [-0.2, -0.15) is 0 Å². The third-order valence-electron chi connectivity index (χ3n) is 3.25. The van der Waals surface area contributed by atoms with E-state index < -0.39 is 0 Å². The molecule has 1 aromatic rings. The van der Waals surface area contributed by atoms with Crippen LogP contribution in [-0.2, 0) is 13.1 Å². The van der Waals surface area contributed by atoms with E-state index in [1.807, 2.05) is 13.8 Å². The standard InChI is InChI=1S/C14H24N4O2S/c1-5-17-12(19)11(10-15-8-7-9-16(3)4)13(20)18(6-2)14(17)21/h10,19H,5-9H2,1-4H3/p+1. The van der Waals surface area contributed by atoms with Gasteiger partial charge in [-0.15, -0.1) is 0 Å². The Morgan fingerprint density at radius 3 is 2.43 bits per heavy atom. The molecule has 0 saturated carbocycles. The van der Waals surface area contributed by atoms with E-state index in [4.69, 9.17) is 12.2 Å². The van der Waals surface area contributed by atoms with E-state index in [2.05, 4.69) is 19.1 Å². The van der Waals surface area contributed by atoms with Crippen LogP contribution in [0.25, 0.3) is 0 Å². The fraction of sp³-hybridized carbons (Fsp3) is 0.643. The van der Waals surface area contributed by atoms with Crippen LogP contribution in [0.5, 0.6) is 5.88 Å². The van der Waals surface area contributed by atoms with Crippen LogP contribution >= 0.6 is 12.2 Å². The molecule has 2 N–H and O–H groups in total. The first-order chi connectivity index (χ1) is 9.93. The Morgan fingerprint density at radius 1 is 1.29 bits per heavy atom. The summed E-state index contributed by atoms with van der Waals surface area (Å²) in [4.78, 5) is 17.9. The average Bonchev–Trinajstić information content (AvgIpc) is 2.42. The van der Waals surface area contributed by atoms with Crippen molar-refractivity contribution in [2.75, 3.05) is 27.2 Å². The Labute approximate surface area is 130 Å². The number of nitrogens with one attached hydrogen (secondary N) is 1. The van der Waals surface area contributed by atoms with Crippen LogP contribution in [0.2, 0.25) is 0 Å². The molecule has 0 aliphatic rings. The van der Waals surface area contributed by atoms with Gasteiger partial charge in [-0.05, 0) is 26.1 Å². The van der Waals surface area contributed by atoms with E-state index >= 15 is 0 Å². The first-order valence-electron chi connectivity index (χ1n) is 7.29. The lowest BCUT2D eigenvalue weighted by molar-refractivity contribution is -0.858. The van der Waals surface area contributed by atoms with Crippen molar-refractivity contribution in [2.45, 2.75) is 33.4 Å². The summed E-state index contributed by atoms with van der Waals surface area (Å²) in [6, 6.07) is 0. The Morgan fingerprint density at radius 2 is 1.90 bits per heavy atom. The van der Waals surface area contributed by atoms with Crippen molar-refractivity contribution in [3.63, 3.8) is 0 Å². The average molecular weight is 313 g/mol. The molecule has 0 amide bonds. The maximum Gasteiger partial charge on any atom is 0.267 e. The van der Waals surface area contributed by atoms with Crippen molar-refractivity contribution in [3.05, 3.63) is 20.7 Å². The van der Waals surface area contributed by atoms with Crippen LogP contribution < -0.4 is 10.5 Å². The maximum absolute atomic E-state index is 12.3. The smallest absolute Gasteiger partial charge is 0.267 e. The Kier molecular flexibility index (Phi) is 6.77. The van der Waals surface area contributed by atoms with Crippen molar-refractivity contribution >= 4 is 18.4 Å². The Balaban J connectivity index is 3.10. The third-order valence-corrected chi connectivity index (χ3v) is 3.69. The minimum Gasteiger partial charge on any atom is -0.494 e. The second-order valence-electron chi connectivity index (χ2n) is 5.16. The lowest BCUT2D eigenvalue weighted by Crippen LogP contribution is -3.05. The molecule has 6 nitrogen and oxygen atoms in total. The molecular formula is C14H25N4O2S+. The molecule has 0 aromatic carbocycles. The van der Waals surface area contributed by atoms with Gasteiger partial charge in [0, 0.05) is 32.3 Å². The highest BCUT2D eigenvalue weighted by molar-refractivity contribution is 7.71. The molecule has 0 unspecified atom stereocenters. The number of nitrogens with zero attached hydrogens (tertiary/aromatic N) is 3. The lowest BCUT2D eigenvalue weighted by Gasteiger charge is -2.13. The number of hydrogen-bond donors (Lipinski definition) is 2. The molecule has 0 radical (unpaired) electrons. The minimum absolute atomic E-state index is 0.0980. The molecule has 0 atom stereocenters. The molecule has 0 aliphatic carbocycles. The molecular weight excluding hydrogens is 288 g/mol. The molecule has 21 heavy (non-hydrogen) atoms. The summed E-state index contributed by atoms with van der Waals surface area (Å²) in [6.07, 6.45) is 2.41. The van der Waals surface area contributed by atoms with Gasteiger partial charge in [-0.25, -0.2) is 0 Å². The Bertz CT molecular complexity index is 617. The molecule has 0 fully saturated rings. The summed E-state index contributed by atoms with van der Waals surface area (Å²) in [7, 11) is 4.17. The zero-order chi connectivity index (χ0) is 16.0. The van der Waals surface area contributed by atoms with Crippen LogP contribution in [0.15, 0.2) is 9.79 Å². The van der Waals surface area contributed by atoms with Gasteiger partial charge in [0.15, 0.2) is 4.77 Å². The molecule has 0 bridgehead atoms. The van der Waals surface area contributed by atoms with Gasteiger partial charge < -0.3 is 10.0 Å². The van der Waals surface area contributed by atoms with E-state index in [1.54, 1.807) is 4.57 Å². The minimum atomic E-state index is -0.285. The molecule has 0 saturated heterocycles. The molecule has 7 heteroatoms. The summed E-state index contributed by atoms with van der Waals surface area (Å²) in [5.41, 5.74) is -0.0730. The van der Waals surface area contributed by atoms with E-state index in [0.717, 1.165) is 13.0 Å². The maximum atomic E-state index is 12.3. The van der Waals surface area contributed by atoms with Crippen molar-refractivity contribution in [3.8, 4) is 5.88 Å². The highest BCUT2D eigenvalue weighted by Gasteiger charge is 2.13. The zero-order valence-electron chi connectivity index (χ0n) is 13.2. The molecule has 1 heterocycles. The predicted molar refractivity (Wildman–Crippen MR) is 87.3 cm³/mol. The van der Waals surface area contributed by atoms with Gasteiger partial charge in [0.25, 0.3) is 5.56 Å². The van der Waals surface area contributed by atoms with Crippen LogP contribution in [0.1, 0.15) is 25.8 Å². The molecule has 118 valence electrons. The van der Waals surface area contributed by atoms with Gasteiger partial charge in [-0.3, -0.25) is 18.9 Å². The second-order valence-corrected chi connectivity index (χ2v) is 5.52. The number of aliphatic imine (C=N–C) groups is 1. The van der Waals surface area contributed by atoms with Gasteiger partial charge in [0.1, 0.15) is 5.56 Å². The summed E-state index contributed by atoms with van der Waals surface area (Å²) < 4.78 is 3.37. The third kappa shape index (κ3) is 4.25. The topological polar surface area (TPSA) is 64.0 Å². The summed E-state index contributed by atoms with van der Waals surface area (Å²) in [6.45, 7) is 6.37. The summed E-state index contributed by atoms with van der Waals surface area (Å²) >= 11 is 5.23. The summed E-state index contributed by atoms with van der Waals surface area (Å²) in [5, 5.41) is 10.2. The van der Waals surface area contributed by atoms with Crippen molar-refractivity contribution < 1.29 is 10.0 Å². The largest absolute Gasteiger partial charge is 0.494 e. The number of hydrogen-bond acceptors (Lipinski definition) is 4. The fourth-order valence-corrected chi connectivity index (χ4v) is 2.49. The van der Waals surface area contributed by atoms with Crippen LogP contribution in [-0.4, -0.2) is 47.6 Å². The van der Waals surface area contributed by atoms with E-state index in [0.29, 0.717) is 24.4 Å². The summed E-state index contributed by atoms with van der Waals surface area (Å²) in [5.74, 6) is -0.0980. The molecule has 0 spiro atoms. The highest BCUT2D eigenvalue weighted by Crippen LogP contribution is 2.12. The highest BCUT2D eigenvalue weighted by atomic mass is 32.1. The first-order valence-corrected chi connectivity index (χ1v) is 7.70. The van der Waals surface area contributed by atoms with Gasteiger partial charge >= 0.3 is 0 Å². The van der Waals surface area contributed by atoms with Gasteiger partial charge in [0.05, 0.1) is 20.6 Å². The van der Waals surface area contributed by atoms with Crippen molar-refractivity contribution in [2.24, 2.45) is 4.99 Å². The monoisotopic (exact) mass is 313 g/mol. The lowest BCUT2D eigenvalue weighted by atomic mass is 10.3. The van der Waals surface area contributed by atoms with E-state index in [-0.39, 0.29) is 17.0 Å². The van der Waals surface area contributed by atoms with Crippen LogP contribution in [0.4, 0.5) is 0 Å². The fourth-order valence-electron chi connectivity index (χ4n) is 2.07. The van der Waals surface area contributed by atoms with E-state index in [9.17, 15) is 9.90 Å². The predicted octanol–water partition coefficient (Wildman–Crippen LogP) is 0.0782. The number of aromatic nitrogens is 2. The Hall–Kier alpha value is -1.47.